The molecule has 0 aromatic heterocycles. The largest absolute Gasteiger partial charge is 0.481 e. The highest BCUT2D eigenvalue weighted by molar-refractivity contribution is 5.83. The maximum absolute atomic E-state index is 11.7. The van der Waals surface area contributed by atoms with E-state index in [1.165, 1.54) is 0 Å². The summed E-state index contributed by atoms with van der Waals surface area (Å²) in [7, 11) is 0. The van der Waals surface area contributed by atoms with Gasteiger partial charge < -0.3 is 20.8 Å². The van der Waals surface area contributed by atoms with E-state index in [2.05, 4.69) is 17.6 Å². The van der Waals surface area contributed by atoms with Crippen LogP contribution in [0.5, 0.6) is 0 Å². The van der Waals surface area contributed by atoms with Crippen molar-refractivity contribution in [3.63, 3.8) is 0 Å². The molecule has 2 amide bonds. The highest BCUT2D eigenvalue weighted by atomic mass is 16.4. The van der Waals surface area contributed by atoms with Crippen molar-refractivity contribution in [2.24, 2.45) is 5.41 Å². The summed E-state index contributed by atoms with van der Waals surface area (Å²) in [6.45, 7) is 2.60. The Bertz CT molecular complexity index is 377. The van der Waals surface area contributed by atoms with Gasteiger partial charge in [-0.15, -0.1) is 0 Å². The third-order valence-corrected chi connectivity index (χ3v) is 3.74. The lowest BCUT2D eigenvalue weighted by molar-refractivity contribution is -0.140. The van der Waals surface area contributed by atoms with Crippen LogP contribution in [0.1, 0.15) is 45.4 Å². The second kappa shape index (κ2) is 7.12. The lowest BCUT2D eigenvalue weighted by Crippen LogP contribution is -2.48. The summed E-state index contributed by atoms with van der Waals surface area (Å²) in [4.78, 5) is 33.0. The van der Waals surface area contributed by atoms with Gasteiger partial charge in [-0.1, -0.05) is 19.8 Å². The Morgan fingerprint density at radius 3 is 2.30 bits per heavy atom. The average molecular weight is 286 g/mol. The molecular formula is C13H22N2O5. The Hall–Kier alpha value is -1.79. The molecule has 0 bridgehead atoms. The molecule has 7 heteroatoms. The van der Waals surface area contributed by atoms with Crippen LogP contribution >= 0.6 is 0 Å². The highest BCUT2D eigenvalue weighted by Crippen LogP contribution is 2.36. The molecule has 1 aliphatic carbocycles. The molecule has 1 saturated carbocycles. The zero-order valence-electron chi connectivity index (χ0n) is 11.6. The molecule has 1 rings (SSSR count). The molecule has 0 saturated heterocycles. The minimum atomic E-state index is -1.23. The van der Waals surface area contributed by atoms with Gasteiger partial charge >= 0.3 is 18.0 Å². The first kappa shape index (κ1) is 16.3. The fourth-order valence-corrected chi connectivity index (χ4v) is 2.43. The van der Waals surface area contributed by atoms with Gasteiger partial charge in [-0.3, -0.25) is 4.79 Å². The fourth-order valence-electron chi connectivity index (χ4n) is 2.43. The summed E-state index contributed by atoms with van der Waals surface area (Å²) in [5.74, 6) is -2.31. The molecule has 0 radical (unpaired) electrons. The van der Waals surface area contributed by atoms with Gasteiger partial charge in [0.25, 0.3) is 0 Å². The number of aliphatic carboxylic acids is 2. The number of amides is 2. The summed E-state index contributed by atoms with van der Waals surface area (Å²) < 4.78 is 0. The minimum Gasteiger partial charge on any atom is -0.481 e. The number of urea groups is 1. The first-order valence-corrected chi connectivity index (χ1v) is 6.81. The predicted molar refractivity (Wildman–Crippen MR) is 71.4 cm³/mol. The smallest absolute Gasteiger partial charge is 0.326 e. The average Bonchev–Trinajstić information content (AvgIpc) is 2.79. The SMILES string of the molecule is CC1(CNC(=O)NC(CCC(=O)O)C(=O)O)CCCC1. The van der Waals surface area contributed by atoms with E-state index in [4.69, 9.17) is 10.2 Å². The number of carbonyl (C=O) groups excluding carboxylic acids is 1. The lowest BCUT2D eigenvalue weighted by atomic mass is 9.89. The second-order valence-corrected chi connectivity index (χ2v) is 5.67. The van der Waals surface area contributed by atoms with Crippen molar-refractivity contribution in [3.8, 4) is 0 Å². The van der Waals surface area contributed by atoms with E-state index in [1.54, 1.807) is 0 Å². The van der Waals surface area contributed by atoms with E-state index in [9.17, 15) is 14.4 Å². The van der Waals surface area contributed by atoms with Crippen molar-refractivity contribution in [1.29, 1.82) is 0 Å². The Morgan fingerprint density at radius 1 is 1.20 bits per heavy atom. The molecule has 1 unspecified atom stereocenters. The summed E-state index contributed by atoms with van der Waals surface area (Å²) in [6.07, 6.45) is 3.97. The van der Waals surface area contributed by atoms with Crippen LogP contribution in [-0.4, -0.2) is 40.8 Å². The number of carbonyl (C=O) groups is 3. The number of rotatable bonds is 7. The van der Waals surface area contributed by atoms with Crippen LogP contribution in [0.2, 0.25) is 0 Å². The number of hydrogen-bond acceptors (Lipinski definition) is 3. The van der Waals surface area contributed by atoms with Crippen molar-refractivity contribution in [3.05, 3.63) is 0 Å². The van der Waals surface area contributed by atoms with Crippen LogP contribution in [-0.2, 0) is 9.59 Å². The molecule has 4 N–H and O–H groups in total. The van der Waals surface area contributed by atoms with Gasteiger partial charge in [-0.25, -0.2) is 9.59 Å². The van der Waals surface area contributed by atoms with Gasteiger partial charge in [0.15, 0.2) is 0 Å². The van der Waals surface area contributed by atoms with Crippen molar-refractivity contribution in [2.75, 3.05) is 6.54 Å². The van der Waals surface area contributed by atoms with E-state index in [0.29, 0.717) is 6.54 Å². The van der Waals surface area contributed by atoms with Crippen LogP contribution in [0.4, 0.5) is 4.79 Å². The molecular weight excluding hydrogens is 264 g/mol. The van der Waals surface area contributed by atoms with Crippen LogP contribution in [0.3, 0.4) is 0 Å². The minimum absolute atomic E-state index is 0.0805. The summed E-state index contributed by atoms with van der Waals surface area (Å²) in [6, 6.07) is -1.74. The zero-order valence-corrected chi connectivity index (χ0v) is 11.6. The second-order valence-electron chi connectivity index (χ2n) is 5.67. The van der Waals surface area contributed by atoms with E-state index in [-0.39, 0.29) is 18.3 Å². The summed E-state index contributed by atoms with van der Waals surface area (Å²) in [5, 5.41) is 22.4. The lowest BCUT2D eigenvalue weighted by Gasteiger charge is -2.24. The Kier molecular flexibility index (Phi) is 5.79. The molecule has 7 nitrogen and oxygen atoms in total. The van der Waals surface area contributed by atoms with E-state index in [0.717, 1.165) is 25.7 Å². The standard InChI is InChI=1S/C13H22N2O5/c1-13(6-2-3-7-13)8-14-12(20)15-9(11(18)19)4-5-10(16)17/h9H,2-8H2,1H3,(H,16,17)(H,18,19)(H2,14,15,20). The summed E-state index contributed by atoms with van der Waals surface area (Å²) >= 11 is 0. The number of carboxylic acid groups (broad SMARTS) is 2. The van der Waals surface area contributed by atoms with Crippen LogP contribution < -0.4 is 10.6 Å². The third-order valence-electron chi connectivity index (χ3n) is 3.74. The normalized spacial score (nSPS) is 18.2. The monoisotopic (exact) mass is 286 g/mol. The summed E-state index contributed by atoms with van der Waals surface area (Å²) in [5.41, 5.74) is 0.0805. The van der Waals surface area contributed by atoms with Gasteiger partial charge in [0, 0.05) is 13.0 Å². The Balaban J connectivity index is 2.37. The molecule has 1 aliphatic rings. The molecule has 1 fully saturated rings. The number of nitrogens with one attached hydrogen (secondary N) is 2. The topological polar surface area (TPSA) is 116 Å². The van der Waals surface area contributed by atoms with Gasteiger partial charge in [0.2, 0.25) is 0 Å². The maximum Gasteiger partial charge on any atom is 0.326 e. The highest BCUT2D eigenvalue weighted by Gasteiger charge is 2.29. The number of carboxylic acids is 2. The van der Waals surface area contributed by atoms with Gasteiger partial charge in [0.05, 0.1) is 0 Å². The van der Waals surface area contributed by atoms with Crippen molar-refractivity contribution in [2.45, 2.75) is 51.5 Å². The van der Waals surface area contributed by atoms with Crippen molar-refractivity contribution < 1.29 is 24.6 Å². The van der Waals surface area contributed by atoms with Crippen LogP contribution in [0.25, 0.3) is 0 Å². The fraction of sp³-hybridized carbons (Fsp3) is 0.769. The third kappa shape index (κ3) is 5.46. The first-order valence-electron chi connectivity index (χ1n) is 6.81. The molecule has 0 aromatic carbocycles. The molecule has 0 aromatic rings. The molecule has 114 valence electrons. The van der Waals surface area contributed by atoms with E-state index >= 15 is 0 Å². The van der Waals surface area contributed by atoms with Gasteiger partial charge in [-0.2, -0.15) is 0 Å². The van der Waals surface area contributed by atoms with Gasteiger partial charge in [0.1, 0.15) is 6.04 Å². The Labute approximate surface area is 117 Å². The van der Waals surface area contributed by atoms with Crippen LogP contribution in [0.15, 0.2) is 0 Å². The maximum atomic E-state index is 11.7. The van der Waals surface area contributed by atoms with E-state index < -0.39 is 24.0 Å². The van der Waals surface area contributed by atoms with Crippen LogP contribution in [0, 0.1) is 5.41 Å². The van der Waals surface area contributed by atoms with Crippen molar-refractivity contribution >= 4 is 18.0 Å². The molecule has 0 aliphatic heterocycles. The predicted octanol–water partition coefficient (Wildman–Crippen LogP) is 1.18. The first-order chi connectivity index (χ1) is 9.32. The number of hydrogen-bond donors (Lipinski definition) is 4. The zero-order chi connectivity index (χ0) is 15.2. The Morgan fingerprint density at radius 2 is 1.80 bits per heavy atom. The van der Waals surface area contributed by atoms with Gasteiger partial charge in [-0.05, 0) is 24.7 Å². The molecule has 1 atom stereocenters. The molecule has 0 spiro atoms. The molecule has 0 heterocycles. The van der Waals surface area contributed by atoms with Crippen molar-refractivity contribution in [1.82, 2.24) is 10.6 Å². The molecule has 20 heavy (non-hydrogen) atoms. The quantitative estimate of drug-likeness (QED) is 0.561. The van der Waals surface area contributed by atoms with E-state index in [1.807, 2.05) is 0 Å².